The highest BCUT2D eigenvalue weighted by molar-refractivity contribution is 7.08. The fourth-order valence-electron chi connectivity index (χ4n) is 3.62. The van der Waals surface area contributed by atoms with Crippen LogP contribution in [0.4, 0.5) is 11.5 Å². The maximum atomic E-state index is 5.54. The van der Waals surface area contributed by atoms with Crippen LogP contribution in [0.25, 0.3) is 22.8 Å². The van der Waals surface area contributed by atoms with Gasteiger partial charge in [-0.1, -0.05) is 17.3 Å². The van der Waals surface area contributed by atoms with Gasteiger partial charge in [-0.3, -0.25) is 0 Å². The lowest BCUT2D eigenvalue weighted by atomic mass is 10.2. The average molecular weight is 420 g/mol. The highest BCUT2D eigenvalue weighted by atomic mass is 32.1. The molecule has 0 saturated carbocycles. The molecule has 0 aliphatic carbocycles. The van der Waals surface area contributed by atoms with E-state index in [1.165, 1.54) is 0 Å². The van der Waals surface area contributed by atoms with Crippen molar-refractivity contribution in [2.75, 3.05) is 43.1 Å². The molecule has 4 heterocycles. The number of ether oxygens (including phenoxy) is 1. The largest absolute Gasteiger partial charge is 0.495 e. The zero-order valence-corrected chi connectivity index (χ0v) is 17.2. The molecule has 1 aliphatic rings. The monoisotopic (exact) mass is 420 g/mol. The Bertz CT molecular complexity index is 1120. The maximum absolute atomic E-state index is 5.54. The lowest BCUT2D eigenvalue weighted by Gasteiger charge is -2.37. The molecule has 3 aromatic heterocycles. The van der Waals surface area contributed by atoms with E-state index in [-0.39, 0.29) is 0 Å². The first-order valence-electron chi connectivity index (χ1n) is 9.63. The van der Waals surface area contributed by atoms with Crippen molar-refractivity contribution in [1.29, 1.82) is 0 Å². The smallest absolute Gasteiger partial charge is 0.263 e. The van der Waals surface area contributed by atoms with Crippen molar-refractivity contribution in [1.82, 2.24) is 20.1 Å². The predicted octanol–water partition coefficient (Wildman–Crippen LogP) is 3.59. The van der Waals surface area contributed by atoms with Gasteiger partial charge in [0.2, 0.25) is 5.82 Å². The van der Waals surface area contributed by atoms with Gasteiger partial charge < -0.3 is 19.1 Å². The number of rotatable bonds is 5. The number of hydrogen-bond acceptors (Lipinski definition) is 9. The average Bonchev–Trinajstić information content (AvgIpc) is 3.51. The molecule has 0 bridgehead atoms. The van der Waals surface area contributed by atoms with Crippen molar-refractivity contribution in [3.63, 3.8) is 0 Å². The Morgan fingerprint density at radius 3 is 2.70 bits per heavy atom. The molecule has 9 heteroatoms. The first-order valence-corrected chi connectivity index (χ1v) is 10.6. The summed E-state index contributed by atoms with van der Waals surface area (Å²) in [5.41, 5.74) is 2.80. The Kier molecular flexibility index (Phi) is 5.02. The molecule has 5 rings (SSSR count). The van der Waals surface area contributed by atoms with Crippen molar-refractivity contribution >= 4 is 22.8 Å². The number of thiophene rings is 1. The fraction of sp³-hybridized carbons (Fsp3) is 0.238. The van der Waals surface area contributed by atoms with E-state index >= 15 is 0 Å². The Morgan fingerprint density at radius 1 is 1.07 bits per heavy atom. The third-order valence-electron chi connectivity index (χ3n) is 5.13. The number of para-hydroxylation sites is 2. The van der Waals surface area contributed by atoms with Crippen LogP contribution in [-0.4, -0.2) is 53.4 Å². The molecular formula is C21H20N6O2S. The van der Waals surface area contributed by atoms with E-state index in [4.69, 9.17) is 9.26 Å². The Hall–Kier alpha value is -3.46. The van der Waals surface area contributed by atoms with Gasteiger partial charge in [0, 0.05) is 43.3 Å². The van der Waals surface area contributed by atoms with Gasteiger partial charge in [-0.2, -0.15) is 16.3 Å². The second-order valence-corrected chi connectivity index (χ2v) is 7.62. The zero-order chi connectivity index (χ0) is 20.3. The minimum Gasteiger partial charge on any atom is -0.495 e. The zero-order valence-electron chi connectivity index (χ0n) is 16.4. The molecule has 0 amide bonds. The number of hydrogen-bond donors (Lipinski definition) is 0. The molecule has 8 nitrogen and oxygen atoms in total. The van der Waals surface area contributed by atoms with Crippen LogP contribution in [0.3, 0.4) is 0 Å². The minimum absolute atomic E-state index is 0.430. The van der Waals surface area contributed by atoms with E-state index in [1.807, 2.05) is 35.0 Å². The van der Waals surface area contributed by atoms with E-state index in [9.17, 15) is 0 Å². The van der Waals surface area contributed by atoms with Crippen molar-refractivity contribution < 1.29 is 9.26 Å². The van der Waals surface area contributed by atoms with Crippen LogP contribution in [0.2, 0.25) is 0 Å². The van der Waals surface area contributed by atoms with Gasteiger partial charge in [-0.05, 0) is 23.6 Å². The Morgan fingerprint density at radius 2 is 1.90 bits per heavy atom. The second kappa shape index (κ2) is 8.11. The van der Waals surface area contributed by atoms with E-state index in [2.05, 4.69) is 36.0 Å². The van der Waals surface area contributed by atoms with Crippen LogP contribution < -0.4 is 14.5 Å². The highest BCUT2D eigenvalue weighted by Gasteiger charge is 2.24. The molecule has 0 atom stereocenters. The first-order chi connectivity index (χ1) is 14.8. The van der Waals surface area contributed by atoms with Gasteiger partial charge in [0.25, 0.3) is 5.89 Å². The summed E-state index contributed by atoms with van der Waals surface area (Å²) in [7, 11) is 1.71. The third-order valence-corrected chi connectivity index (χ3v) is 5.82. The van der Waals surface area contributed by atoms with Crippen LogP contribution in [0.1, 0.15) is 0 Å². The van der Waals surface area contributed by atoms with Gasteiger partial charge in [0.05, 0.1) is 12.8 Å². The van der Waals surface area contributed by atoms with Crippen LogP contribution in [0.5, 0.6) is 5.75 Å². The maximum Gasteiger partial charge on any atom is 0.263 e. The summed E-state index contributed by atoms with van der Waals surface area (Å²) in [6, 6.07) is 10.1. The summed E-state index contributed by atoms with van der Waals surface area (Å²) >= 11 is 1.60. The number of methoxy groups -OCH3 is 1. The second-order valence-electron chi connectivity index (χ2n) is 6.84. The van der Waals surface area contributed by atoms with Crippen LogP contribution in [-0.2, 0) is 0 Å². The van der Waals surface area contributed by atoms with Gasteiger partial charge in [-0.15, -0.1) is 0 Å². The molecule has 152 valence electrons. The quantitative estimate of drug-likeness (QED) is 0.485. The third kappa shape index (κ3) is 3.48. The van der Waals surface area contributed by atoms with E-state index in [0.717, 1.165) is 54.6 Å². The SMILES string of the molecule is COc1ccccc1N1CCN(c2ncncc2-c2nc(-c3ccsc3)no2)CC1. The number of aromatic nitrogens is 4. The predicted molar refractivity (Wildman–Crippen MR) is 116 cm³/mol. The lowest BCUT2D eigenvalue weighted by molar-refractivity contribution is 0.413. The molecule has 30 heavy (non-hydrogen) atoms. The van der Waals surface area contributed by atoms with Crippen molar-refractivity contribution in [2.45, 2.75) is 0 Å². The van der Waals surface area contributed by atoms with Gasteiger partial charge in [0.15, 0.2) is 0 Å². The molecule has 1 fully saturated rings. The number of nitrogens with zero attached hydrogens (tertiary/aromatic N) is 6. The molecule has 4 aromatic rings. The van der Waals surface area contributed by atoms with Crippen LogP contribution in [0, 0.1) is 0 Å². The number of piperazine rings is 1. The standard InChI is InChI=1S/C21H20N6O2S/c1-28-18-5-3-2-4-17(18)26-7-9-27(10-8-26)20-16(12-22-14-23-20)21-24-19(25-29-21)15-6-11-30-13-15/h2-6,11-14H,7-10H2,1H3. The minimum atomic E-state index is 0.430. The molecule has 0 unspecified atom stereocenters. The van der Waals surface area contributed by atoms with Gasteiger partial charge in [-0.25, -0.2) is 9.97 Å². The fourth-order valence-corrected chi connectivity index (χ4v) is 4.25. The molecular weight excluding hydrogens is 400 g/mol. The molecule has 0 N–H and O–H groups in total. The van der Waals surface area contributed by atoms with Gasteiger partial charge >= 0.3 is 0 Å². The molecule has 0 radical (unpaired) electrons. The molecule has 1 saturated heterocycles. The van der Waals surface area contributed by atoms with Crippen molar-refractivity contribution in [3.05, 3.63) is 53.6 Å². The first kappa shape index (κ1) is 18.6. The number of anilines is 2. The van der Waals surface area contributed by atoms with Crippen molar-refractivity contribution in [2.24, 2.45) is 0 Å². The molecule has 1 aromatic carbocycles. The van der Waals surface area contributed by atoms with E-state index in [1.54, 1.807) is 31.0 Å². The highest BCUT2D eigenvalue weighted by Crippen LogP contribution is 2.32. The Labute approximate surface area is 177 Å². The topological polar surface area (TPSA) is 80.4 Å². The van der Waals surface area contributed by atoms with E-state index in [0.29, 0.717) is 11.7 Å². The summed E-state index contributed by atoms with van der Waals surface area (Å²) in [6.45, 7) is 3.34. The molecule has 1 aliphatic heterocycles. The molecule has 0 spiro atoms. The summed E-state index contributed by atoms with van der Waals surface area (Å²) in [5.74, 6) is 2.70. The summed E-state index contributed by atoms with van der Waals surface area (Å²) < 4.78 is 11.1. The summed E-state index contributed by atoms with van der Waals surface area (Å²) in [6.07, 6.45) is 3.29. The number of benzene rings is 1. The van der Waals surface area contributed by atoms with Crippen LogP contribution >= 0.6 is 11.3 Å². The van der Waals surface area contributed by atoms with Crippen LogP contribution in [0.15, 0.2) is 58.1 Å². The Balaban J connectivity index is 1.37. The van der Waals surface area contributed by atoms with Gasteiger partial charge in [0.1, 0.15) is 23.5 Å². The normalized spacial score (nSPS) is 14.2. The summed E-state index contributed by atoms with van der Waals surface area (Å²) in [4.78, 5) is 17.8. The lowest BCUT2D eigenvalue weighted by Crippen LogP contribution is -2.47. The summed E-state index contributed by atoms with van der Waals surface area (Å²) in [5, 5.41) is 8.10. The van der Waals surface area contributed by atoms with E-state index < -0.39 is 0 Å². The van der Waals surface area contributed by atoms with Crippen molar-refractivity contribution in [3.8, 4) is 28.6 Å².